The number of nitrogens with one attached hydrogen (secondary N) is 2. The third-order valence-electron chi connectivity index (χ3n) is 3.93. The molecule has 0 aromatic heterocycles. The second-order valence-electron chi connectivity index (χ2n) is 6.09. The zero-order chi connectivity index (χ0) is 22.6. The highest BCUT2D eigenvalue weighted by Crippen LogP contribution is 2.28. The van der Waals surface area contributed by atoms with Crippen LogP contribution in [0.4, 0.5) is 20.2 Å². The molecule has 0 heterocycles. The van der Waals surface area contributed by atoms with E-state index >= 15 is 0 Å². The SMILES string of the molecule is O=C(Nc1ccccc1OC(F)F)c1cccc(NS(=O)(=O)c2ccc(Cl)c(Cl)c2)c1. The Bertz CT molecular complexity index is 1220. The molecular weight excluding hydrogens is 473 g/mol. The summed E-state index contributed by atoms with van der Waals surface area (Å²) in [4.78, 5) is 12.4. The first kappa shape index (κ1) is 22.8. The lowest BCUT2D eigenvalue weighted by molar-refractivity contribution is -0.0493. The molecule has 0 saturated heterocycles. The van der Waals surface area contributed by atoms with Crippen molar-refractivity contribution < 1.29 is 26.7 Å². The van der Waals surface area contributed by atoms with Crippen molar-refractivity contribution in [3.8, 4) is 5.75 Å². The third kappa shape index (κ3) is 5.84. The third-order valence-corrected chi connectivity index (χ3v) is 6.05. The van der Waals surface area contributed by atoms with Gasteiger partial charge in [0.15, 0.2) is 0 Å². The van der Waals surface area contributed by atoms with E-state index in [1.165, 1.54) is 66.7 Å². The van der Waals surface area contributed by atoms with Crippen LogP contribution in [0, 0.1) is 0 Å². The lowest BCUT2D eigenvalue weighted by atomic mass is 10.2. The Balaban J connectivity index is 1.80. The van der Waals surface area contributed by atoms with Crippen molar-refractivity contribution in [3.05, 3.63) is 82.3 Å². The summed E-state index contributed by atoms with van der Waals surface area (Å²) >= 11 is 11.7. The fraction of sp³-hybridized carbons (Fsp3) is 0.0500. The molecular formula is C20H14Cl2F2N2O4S. The number of hydrogen-bond donors (Lipinski definition) is 2. The van der Waals surface area contributed by atoms with Crippen LogP contribution in [-0.2, 0) is 10.0 Å². The van der Waals surface area contributed by atoms with E-state index in [1.807, 2.05) is 0 Å². The second-order valence-corrected chi connectivity index (χ2v) is 8.59. The molecule has 0 unspecified atom stereocenters. The summed E-state index contributed by atoms with van der Waals surface area (Å²) in [5, 5.41) is 2.74. The minimum atomic E-state index is -4.00. The van der Waals surface area contributed by atoms with Crippen LogP contribution in [0.5, 0.6) is 5.75 Å². The number of carbonyl (C=O) groups excluding carboxylic acids is 1. The molecule has 2 N–H and O–H groups in total. The highest BCUT2D eigenvalue weighted by Gasteiger charge is 2.17. The fourth-order valence-corrected chi connectivity index (χ4v) is 3.98. The van der Waals surface area contributed by atoms with Crippen molar-refractivity contribution in [2.24, 2.45) is 0 Å². The number of benzene rings is 3. The average molecular weight is 487 g/mol. The van der Waals surface area contributed by atoms with Gasteiger partial charge in [-0.1, -0.05) is 41.4 Å². The van der Waals surface area contributed by atoms with Crippen LogP contribution < -0.4 is 14.8 Å². The Morgan fingerprint density at radius 1 is 0.935 bits per heavy atom. The van der Waals surface area contributed by atoms with Gasteiger partial charge in [0.1, 0.15) is 5.75 Å². The molecule has 0 aliphatic carbocycles. The minimum Gasteiger partial charge on any atom is -0.433 e. The lowest BCUT2D eigenvalue weighted by Crippen LogP contribution is -2.16. The summed E-state index contributed by atoms with van der Waals surface area (Å²) < 4.78 is 57.0. The van der Waals surface area contributed by atoms with Gasteiger partial charge in [0, 0.05) is 11.3 Å². The number of hydrogen-bond acceptors (Lipinski definition) is 4. The molecule has 0 fully saturated rings. The van der Waals surface area contributed by atoms with Crippen molar-refractivity contribution in [2.45, 2.75) is 11.5 Å². The molecule has 0 spiro atoms. The maximum Gasteiger partial charge on any atom is 0.387 e. The van der Waals surface area contributed by atoms with E-state index in [9.17, 15) is 22.0 Å². The molecule has 162 valence electrons. The zero-order valence-corrected chi connectivity index (χ0v) is 17.8. The number of amides is 1. The number of carbonyl (C=O) groups is 1. The summed E-state index contributed by atoms with van der Waals surface area (Å²) in [7, 11) is -4.00. The summed E-state index contributed by atoms with van der Waals surface area (Å²) in [6.45, 7) is -3.06. The van der Waals surface area contributed by atoms with E-state index in [2.05, 4.69) is 14.8 Å². The number of para-hydroxylation sites is 2. The van der Waals surface area contributed by atoms with E-state index in [0.29, 0.717) is 0 Å². The van der Waals surface area contributed by atoms with Gasteiger partial charge in [-0.15, -0.1) is 0 Å². The van der Waals surface area contributed by atoms with Crippen molar-refractivity contribution in [1.82, 2.24) is 0 Å². The van der Waals surface area contributed by atoms with Crippen molar-refractivity contribution in [2.75, 3.05) is 10.0 Å². The molecule has 0 aliphatic heterocycles. The predicted molar refractivity (Wildman–Crippen MR) is 115 cm³/mol. The summed E-state index contributed by atoms with van der Waals surface area (Å²) in [6.07, 6.45) is 0. The largest absolute Gasteiger partial charge is 0.433 e. The Hall–Kier alpha value is -2.88. The molecule has 3 aromatic rings. The fourth-order valence-electron chi connectivity index (χ4n) is 2.55. The normalized spacial score (nSPS) is 11.3. The molecule has 0 atom stereocenters. The first-order chi connectivity index (χ1) is 14.7. The van der Waals surface area contributed by atoms with Crippen LogP contribution in [0.15, 0.2) is 71.6 Å². The Morgan fingerprint density at radius 2 is 1.68 bits per heavy atom. The van der Waals surface area contributed by atoms with Gasteiger partial charge in [-0.25, -0.2) is 8.42 Å². The van der Waals surface area contributed by atoms with Gasteiger partial charge in [0.2, 0.25) is 0 Å². The van der Waals surface area contributed by atoms with Gasteiger partial charge in [-0.2, -0.15) is 8.78 Å². The van der Waals surface area contributed by atoms with Crippen LogP contribution in [0.3, 0.4) is 0 Å². The molecule has 1 amide bonds. The van der Waals surface area contributed by atoms with Crippen LogP contribution in [0.25, 0.3) is 0 Å². The standard InChI is InChI=1S/C20H14Cl2F2N2O4S/c21-15-9-8-14(11-16(15)22)31(28,29)26-13-5-3-4-12(10-13)19(27)25-17-6-1-2-7-18(17)30-20(23)24/h1-11,20,26H,(H,25,27). The van der Waals surface area contributed by atoms with E-state index < -0.39 is 22.5 Å². The molecule has 31 heavy (non-hydrogen) atoms. The second kappa shape index (κ2) is 9.51. The summed E-state index contributed by atoms with van der Waals surface area (Å²) in [5.74, 6) is -0.858. The number of ether oxygens (including phenoxy) is 1. The first-order valence-corrected chi connectivity index (χ1v) is 10.8. The number of anilines is 2. The quantitative estimate of drug-likeness (QED) is 0.451. The number of halogens is 4. The van der Waals surface area contributed by atoms with Crippen molar-refractivity contribution >= 4 is 50.5 Å². The van der Waals surface area contributed by atoms with E-state index in [4.69, 9.17) is 23.2 Å². The smallest absolute Gasteiger partial charge is 0.387 e. The van der Waals surface area contributed by atoms with Gasteiger partial charge in [-0.05, 0) is 48.5 Å². The van der Waals surface area contributed by atoms with Crippen LogP contribution >= 0.6 is 23.2 Å². The highest BCUT2D eigenvalue weighted by atomic mass is 35.5. The average Bonchev–Trinajstić information content (AvgIpc) is 2.71. The van der Waals surface area contributed by atoms with Crippen LogP contribution in [0.1, 0.15) is 10.4 Å². The Kier molecular flexibility index (Phi) is 6.99. The van der Waals surface area contributed by atoms with E-state index in [1.54, 1.807) is 0 Å². The molecule has 3 aromatic carbocycles. The van der Waals surface area contributed by atoms with Crippen molar-refractivity contribution in [3.63, 3.8) is 0 Å². The minimum absolute atomic E-state index is 0.0367. The van der Waals surface area contributed by atoms with Gasteiger partial charge in [-0.3, -0.25) is 9.52 Å². The molecule has 0 aliphatic rings. The maximum atomic E-state index is 12.6. The Labute approximate surface area is 186 Å². The van der Waals surface area contributed by atoms with E-state index in [0.717, 1.165) is 0 Å². The zero-order valence-electron chi connectivity index (χ0n) is 15.5. The van der Waals surface area contributed by atoms with Crippen molar-refractivity contribution in [1.29, 1.82) is 0 Å². The predicted octanol–water partition coefficient (Wildman–Crippen LogP) is 5.65. The molecule has 0 bridgehead atoms. The topological polar surface area (TPSA) is 84.5 Å². The molecule has 0 saturated carbocycles. The van der Waals surface area contributed by atoms with Crippen LogP contribution in [0.2, 0.25) is 10.0 Å². The Morgan fingerprint density at radius 3 is 2.39 bits per heavy atom. The summed E-state index contributed by atoms with van der Waals surface area (Å²) in [6, 6.07) is 15.2. The van der Waals surface area contributed by atoms with Crippen LogP contribution in [-0.4, -0.2) is 20.9 Å². The van der Waals surface area contributed by atoms with E-state index in [-0.39, 0.29) is 37.6 Å². The molecule has 11 heteroatoms. The monoisotopic (exact) mass is 486 g/mol. The lowest BCUT2D eigenvalue weighted by Gasteiger charge is -2.13. The van der Waals surface area contributed by atoms with Gasteiger partial charge >= 0.3 is 6.61 Å². The first-order valence-electron chi connectivity index (χ1n) is 8.59. The summed E-state index contributed by atoms with van der Waals surface area (Å²) in [5.41, 5.74) is 0.228. The number of rotatable bonds is 7. The highest BCUT2D eigenvalue weighted by molar-refractivity contribution is 7.92. The number of sulfonamides is 1. The van der Waals surface area contributed by atoms with Gasteiger partial charge < -0.3 is 10.1 Å². The maximum absolute atomic E-state index is 12.6. The van der Waals surface area contributed by atoms with Gasteiger partial charge in [0.25, 0.3) is 15.9 Å². The van der Waals surface area contributed by atoms with Gasteiger partial charge in [0.05, 0.1) is 20.6 Å². The number of alkyl halides is 2. The molecule has 3 rings (SSSR count). The molecule has 6 nitrogen and oxygen atoms in total. The molecule has 0 radical (unpaired) electrons.